The van der Waals surface area contributed by atoms with Gasteiger partial charge in [-0.1, -0.05) is 60.7 Å². The molecule has 0 saturated heterocycles. The van der Waals surface area contributed by atoms with Crippen molar-refractivity contribution in [3.05, 3.63) is 95.6 Å². The van der Waals surface area contributed by atoms with E-state index in [0.717, 1.165) is 34.6 Å². The Hall–Kier alpha value is -2.78. The van der Waals surface area contributed by atoms with E-state index in [9.17, 15) is 0 Å². The lowest BCUT2D eigenvalue weighted by Gasteiger charge is -2.12. The molecule has 2 N–H and O–H groups in total. The van der Waals surface area contributed by atoms with Crippen LogP contribution >= 0.6 is 0 Å². The van der Waals surface area contributed by atoms with Crippen molar-refractivity contribution in [1.82, 2.24) is 0 Å². The predicted octanol–water partition coefficient (Wildman–Crippen LogP) is 4.35. The van der Waals surface area contributed by atoms with Gasteiger partial charge in [0.25, 0.3) is 0 Å². The Morgan fingerprint density at radius 2 is 1.08 bits per heavy atom. The molecule has 0 aliphatic carbocycles. The van der Waals surface area contributed by atoms with Crippen LogP contribution in [-0.4, -0.2) is 6.54 Å². The molecule has 0 unspecified atom stereocenters. The summed E-state index contributed by atoms with van der Waals surface area (Å²) in [5.41, 5.74) is 9.11. The monoisotopic (exact) mass is 333 g/mol. The van der Waals surface area contributed by atoms with Crippen molar-refractivity contribution < 1.29 is 9.47 Å². The van der Waals surface area contributed by atoms with Crippen LogP contribution in [-0.2, 0) is 19.6 Å². The minimum Gasteiger partial charge on any atom is -0.489 e. The van der Waals surface area contributed by atoms with E-state index >= 15 is 0 Å². The molecule has 0 saturated carbocycles. The molecule has 25 heavy (non-hydrogen) atoms. The fourth-order valence-electron chi connectivity index (χ4n) is 2.59. The summed E-state index contributed by atoms with van der Waals surface area (Å²) in [6.07, 6.45) is 0.796. The molecule has 0 aromatic heterocycles. The Kier molecular flexibility index (Phi) is 6.07. The molecular weight excluding hydrogens is 310 g/mol. The molecule has 0 bridgehead atoms. The van der Waals surface area contributed by atoms with E-state index in [1.807, 2.05) is 54.6 Å². The smallest absolute Gasteiger partial charge is 0.123 e. The second kappa shape index (κ2) is 8.90. The molecule has 0 heterocycles. The zero-order valence-corrected chi connectivity index (χ0v) is 14.2. The first kappa shape index (κ1) is 17.1. The highest BCUT2D eigenvalue weighted by Crippen LogP contribution is 2.25. The van der Waals surface area contributed by atoms with Gasteiger partial charge in [-0.25, -0.2) is 0 Å². The standard InChI is InChI=1S/C22H23NO2/c23-12-11-20-13-21(24-16-18-7-3-1-4-8-18)15-22(14-20)25-17-19-9-5-2-6-10-19/h1-10,13-15H,11-12,16-17,23H2. The molecule has 0 atom stereocenters. The van der Waals surface area contributed by atoms with Gasteiger partial charge in [0.1, 0.15) is 24.7 Å². The molecule has 0 spiro atoms. The average molecular weight is 333 g/mol. The first-order chi connectivity index (χ1) is 12.3. The average Bonchev–Trinajstić information content (AvgIpc) is 2.67. The Balaban J connectivity index is 1.70. The minimum absolute atomic E-state index is 0.533. The third-order valence-electron chi connectivity index (χ3n) is 3.87. The summed E-state index contributed by atoms with van der Waals surface area (Å²) in [5, 5.41) is 0. The summed E-state index contributed by atoms with van der Waals surface area (Å²) in [4.78, 5) is 0. The van der Waals surface area contributed by atoms with Gasteiger partial charge in [-0.2, -0.15) is 0 Å². The lowest BCUT2D eigenvalue weighted by molar-refractivity contribution is 0.289. The van der Waals surface area contributed by atoms with Gasteiger partial charge in [0.05, 0.1) is 0 Å². The van der Waals surface area contributed by atoms with E-state index in [2.05, 4.69) is 24.3 Å². The number of nitrogens with two attached hydrogens (primary N) is 1. The van der Waals surface area contributed by atoms with Gasteiger partial charge in [0, 0.05) is 6.07 Å². The maximum absolute atomic E-state index is 5.95. The van der Waals surface area contributed by atoms with Gasteiger partial charge in [-0.3, -0.25) is 0 Å². The van der Waals surface area contributed by atoms with Crippen LogP contribution in [0.4, 0.5) is 0 Å². The third kappa shape index (κ3) is 5.37. The fraction of sp³-hybridized carbons (Fsp3) is 0.182. The lowest BCUT2D eigenvalue weighted by Crippen LogP contribution is -2.04. The highest BCUT2D eigenvalue weighted by molar-refractivity contribution is 5.39. The number of benzene rings is 3. The van der Waals surface area contributed by atoms with Crippen LogP contribution in [0.3, 0.4) is 0 Å². The predicted molar refractivity (Wildman–Crippen MR) is 101 cm³/mol. The van der Waals surface area contributed by atoms with E-state index in [-0.39, 0.29) is 0 Å². The van der Waals surface area contributed by atoms with Crippen molar-refractivity contribution in [2.24, 2.45) is 5.73 Å². The molecule has 0 fully saturated rings. The highest BCUT2D eigenvalue weighted by Gasteiger charge is 2.05. The van der Waals surface area contributed by atoms with E-state index in [1.165, 1.54) is 0 Å². The molecule has 3 heteroatoms. The molecule has 0 aliphatic rings. The van der Waals surface area contributed by atoms with Gasteiger partial charge in [-0.05, 0) is 41.8 Å². The van der Waals surface area contributed by atoms with Gasteiger partial charge in [0.15, 0.2) is 0 Å². The van der Waals surface area contributed by atoms with Crippen LogP contribution in [0.1, 0.15) is 16.7 Å². The summed E-state index contributed by atoms with van der Waals surface area (Å²) in [6.45, 7) is 1.66. The highest BCUT2D eigenvalue weighted by atomic mass is 16.5. The molecule has 128 valence electrons. The van der Waals surface area contributed by atoms with Gasteiger partial charge in [-0.15, -0.1) is 0 Å². The van der Waals surface area contributed by atoms with Crippen molar-refractivity contribution in [1.29, 1.82) is 0 Å². The maximum atomic E-state index is 5.95. The SMILES string of the molecule is NCCc1cc(OCc2ccccc2)cc(OCc2ccccc2)c1. The van der Waals surface area contributed by atoms with Crippen LogP contribution in [0.25, 0.3) is 0 Å². The quantitative estimate of drug-likeness (QED) is 0.667. The largest absolute Gasteiger partial charge is 0.489 e. The summed E-state index contributed by atoms with van der Waals surface area (Å²) >= 11 is 0. The van der Waals surface area contributed by atoms with Crippen LogP contribution in [0, 0.1) is 0 Å². The fourth-order valence-corrected chi connectivity index (χ4v) is 2.59. The van der Waals surface area contributed by atoms with E-state index in [1.54, 1.807) is 0 Å². The van der Waals surface area contributed by atoms with Crippen LogP contribution in [0.5, 0.6) is 11.5 Å². The summed E-state index contributed by atoms with van der Waals surface area (Å²) < 4.78 is 11.9. The van der Waals surface area contributed by atoms with Gasteiger partial charge < -0.3 is 15.2 Å². The van der Waals surface area contributed by atoms with Crippen molar-refractivity contribution in [2.75, 3.05) is 6.54 Å². The summed E-state index contributed by atoms with van der Waals surface area (Å²) in [5.74, 6) is 1.61. The number of hydrogen-bond donors (Lipinski definition) is 1. The van der Waals surface area contributed by atoms with Crippen LogP contribution in [0.15, 0.2) is 78.9 Å². The topological polar surface area (TPSA) is 44.5 Å². The van der Waals surface area contributed by atoms with Crippen LogP contribution in [0.2, 0.25) is 0 Å². The van der Waals surface area contributed by atoms with E-state index < -0.39 is 0 Å². The molecular formula is C22H23NO2. The summed E-state index contributed by atoms with van der Waals surface area (Å²) in [6, 6.07) is 26.3. The van der Waals surface area contributed by atoms with E-state index in [4.69, 9.17) is 15.2 Å². The lowest BCUT2D eigenvalue weighted by atomic mass is 10.1. The third-order valence-corrected chi connectivity index (χ3v) is 3.87. The first-order valence-electron chi connectivity index (χ1n) is 8.51. The molecule has 3 aromatic rings. The number of ether oxygens (including phenoxy) is 2. The van der Waals surface area contributed by atoms with Crippen molar-refractivity contribution in [3.8, 4) is 11.5 Å². The first-order valence-corrected chi connectivity index (χ1v) is 8.51. The van der Waals surface area contributed by atoms with Crippen molar-refractivity contribution in [2.45, 2.75) is 19.6 Å². The van der Waals surface area contributed by atoms with Crippen LogP contribution < -0.4 is 15.2 Å². The Morgan fingerprint density at radius 3 is 1.52 bits per heavy atom. The van der Waals surface area contributed by atoms with Crippen molar-refractivity contribution in [3.63, 3.8) is 0 Å². The molecule has 0 amide bonds. The van der Waals surface area contributed by atoms with E-state index in [0.29, 0.717) is 19.8 Å². The molecule has 3 rings (SSSR count). The summed E-state index contributed by atoms with van der Waals surface area (Å²) in [7, 11) is 0. The second-order valence-corrected chi connectivity index (χ2v) is 5.90. The zero-order valence-electron chi connectivity index (χ0n) is 14.2. The maximum Gasteiger partial charge on any atom is 0.123 e. The second-order valence-electron chi connectivity index (χ2n) is 5.90. The Labute approximate surface area is 149 Å². The van der Waals surface area contributed by atoms with Crippen molar-refractivity contribution >= 4 is 0 Å². The molecule has 0 aliphatic heterocycles. The minimum atomic E-state index is 0.533. The number of rotatable bonds is 8. The zero-order chi connectivity index (χ0) is 17.3. The Bertz CT molecular complexity index is 711. The van der Waals surface area contributed by atoms with Gasteiger partial charge in [0.2, 0.25) is 0 Å². The molecule has 0 radical (unpaired) electrons. The van der Waals surface area contributed by atoms with Gasteiger partial charge >= 0.3 is 0 Å². The number of hydrogen-bond acceptors (Lipinski definition) is 3. The normalized spacial score (nSPS) is 10.4. The Morgan fingerprint density at radius 1 is 0.600 bits per heavy atom. The molecule has 3 aromatic carbocycles. The molecule has 3 nitrogen and oxygen atoms in total.